The monoisotopic (exact) mass is 654 g/mol. The molecule has 4 aromatic carbocycles. The lowest BCUT2D eigenvalue weighted by Gasteiger charge is -2.34. The third-order valence-electron chi connectivity index (χ3n) is 8.51. The highest BCUT2D eigenvalue weighted by Crippen LogP contribution is 2.28. The van der Waals surface area contributed by atoms with E-state index >= 15 is 0 Å². The van der Waals surface area contributed by atoms with Crippen molar-refractivity contribution in [2.45, 2.75) is 62.6 Å². The van der Waals surface area contributed by atoms with Crippen LogP contribution < -0.4 is 9.62 Å². The van der Waals surface area contributed by atoms with Crippen LogP contribution in [0.4, 0.5) is 11.4 Å². The molecule has 0 heterocycles. The van der Waals surface area contributed by atoms with Gasteiger partial charge in [0, 0.05) is 31.1 Å². The van der Waals surface area contributed by atoms with Gasteiger partial charge in [0.1, 0.15) is 12.6 Å². The van der Waals surface area contributed by atoms with Crippen LogP contribution in [0.3, 0.4) is 0 Å². The lowest BCUT2D eigenvalue weighted by atomic mass is 10.0. The molecule has 0 radical (unpaired) electrons. The average molecular weight is 655 g/mol. The molecule has 1 aliphatic carbocycles. The van der Waals surface area contributed by atoms with E-state index in [2.05, 4.69) is 5.32 Å². The Morgan fingerprint density at radius 1 is 0.894 bits per heavy atom. The molecule has 10 nitrogen and oxygen atoms in total. The fourth-order valence-corrected chi connectivity index (χ4v) is 7.33. The van der Waals surface area contributed by atoms with Gasteiger partial charge in [-0.05, 0) is 54.7 Å². The molecule has 244 valence electrons. The van der Waals surface area contributed by atoms with Gasteiger partial charge in [-0.25, -0.2) is 8.42 Å². The SMILES string of the molecule is Cc1ccccc1CN(C(=O)CN(c1cccc([N+](=O)[O-])c1)S(=O)(=O)c1ccccc1)[C@@H](Cc1ccccc1)C(=O)NC1CCCC1. The molecule has 1 atom stereocenters. The molecule has 0 aromatic heterocycles. The van der Waals surface area contributed by atoms with Gasteiger partial charge in [0.25, 0.3) is 15.7 Å². The van der Waals surface area contributed by atoms with Gasteiger partial charge in [-0.15, -0.1) is 0 Å². The number of rotatable bonds is 13. The van der Waals surface area contributed by atoms with Gasteiger partial charge in [0.2, 0.25) is 11.8 Å². The first-order valence-corrected chi connectivity index (χ1v) is 17.1. The van der Waals surface area contributed by atoms with Crippen molar-refractivity contribution in [1.82, 2.24) is 10.2 Å². The number of non-ortho nitro benzene ring substituents is 1. The van der Waals surface area contributed by atoms with Crippen LogP contribution in [0.25, 0.3) is 0 Å². The van der Waals surface area contributed by atoms with Gasteiger partial charge < -0.3 is 10.2 Å². The summed E-state index contributed by atoms with van der Waals surface area (Å²) in [5.74, 6) is -0.933. The van der Waals surface area contributed by atoms with Crippen LogP contribution in [0.5, 0.6) is 0 Å². The third kappa shape index (κ3) is 8.23. The van der Waals surface area contributed by atoms with Crippen molar-refractivity contribution in [3.8, 4) is 0 Å². The van der Waals surface area contributed by atoms with Gasteiger partial charge in [-0.3, -0.25) is 24.0 Å². The molecule has 2 amide bonds. The Kier molecular flexibility index (Phi) is 10.7. The van der Waals surface area contributed by atoms with Crippen LogP contribution in [0.1, 0.15) is 42.4 Å². The summed E-state index contributed by atoms with van der Waals surface area (Å²) in [5, 5.41) is 14.8. The van der Waals surface area contributed by atoms with Crippen LogP contribution in [0, 0.1) is 17.0 Å². The lowest BCUT2D eigenvalue weighted by Crippen LogP contribution is -2.54. The summed E-state index contributed by atoms with van der Waals surface area (Å²) in [6.07, 6.45) is 3.93. The Balaban J connectivity index is 1.59. The van der Waals surface area contributed by atoms with Gasteiger partial charge >= 0.3 is 0 Å². The maximum atomic E-state index is 14.6. The molecule has 1 N–H and O–H groups in total. The molecule has 0 aliphatic heterocycles. The highest BCUT2D eigenvalue weighted by Gasteiger charge is 2.36. The van der Waals surface area contributed by atoms with E-state index in [0.717, 1.165) is 52.7 Å². The molecule has 1 fully saturated rings. The number of nitrogens with zero attached hydrogens (tertiary/aromatic N) is 3. The first-order chi connectivity index (χ1) is 22.6. The average Bonchev–Trinajstić information content (AvgIpc) is 3.59. The van der Waals surface area contributed by atoms with Crippen LogP contribution in [-0.4, -0.2) is 48.7 Å². The van der Waals surface area contributed by atoms with Crippen LogP contribution in [0.15, 0.2) is 114 Å². The molecule has 1 aliphatic rings. The second-order valence-electron chi connectivity index (χ2n) is 11.7. The summed E-state index contributed by atoms with van der Waals surface area (Å²) >= 11 is 0. The fraction of sp³-hybridized carbons (Fsp3) is 0.278. The maximum absolute atomic E-state index is 14.6. The molecule has 0 spiro atoms. The van der Waals surface area contributed by atoms with E-state index < -0.39 is 33.4 Å². The predicted octanol–water partition coefficient (Wildman–Crippen LogP) is 5.80. The number of carbonyl (C=O) groups excluding carboxylic acids is 2. The number of nitro benzene ring substituents is 1. The number of aryl methyl sites for hydroxylation is 1. The van der Waals surface area contributed by atoms with Crippen LogP contribution in [-0.2, 0) is 32.6 Å². The number of nitrogens with one attached hydrogen (secondary N) is 1. The zero-order chi connectivity index (χ0) is 33.4. The normalized spacial score (nSPS) is 13.9. The number of nitro groups is 1. The second-order valence-corrected chi connectivity index (χ2v) is 13.6. The highest BCUT2D eigenvalue weighted by atomic mass is 32.2. The molecule has 5 rings (SSSR count). The quantitative estimate of drug-likeness (QED) is 0.143. The molecule has 0 unspecified atom stereocenters. The number of amides is 2. The van der Waals surface area contributed by atoms with Crippen molar-refractivity contribution in [3.05, 3.63) is 136 Å². The zero-order valence-electron chi connectivity index (χ0n) is 26.2. The molecule has 0 saturated heterocycles. The summed E-state index contributed by atoms with van der Waals surface area (Å²) < 4.78 is 29.1. The fourth-order valence-electron chi connectivity index (χ4n) is 5.90. The van der Waals surface area contributed by atoms with Crippen LogP contribution in [0.2, 0.25) is 0 Å². The second kappa shape index (κ2) is 15.0. The standard InChI is InChI=1S/C36H38N4O6S/c1-27-13-8-9-16-29(27)25-38(34(23-28-14-4-2-5-15-28)36(42)37-30-17-10-11-18-30)35(41)26-39(31-19-12-20-32(24-31)40(43)44)47(45,46)33-21-6-3-7-22-33/h2-9,12-16,19-22,24,30,34H,10-11,17-18,23,25-26H2,1H3,(H,37,42)/t34-/m0/s1. The van der Waals surface area contributed by atoms with Gasteiger partial charge in [0.15, 0.2) is 0 Å². The first-order valence-electron chi connectivity index (χ1n) is 15.6. The van der Waals surface area contributed by atoms with Crippen molar-refractivity contribution >= 4 is 33.2 Å². The Morgan fingerprint density at radius 2 is 1.53 bits per heavy atom. The molecule has 1 saturated carbocycles. The topological polar surface area (TPSA) is 130 Å². The lowest BCUT2D eigenvalue weighted by molar-refractivity contribution is -0.384. The number of anilines is 1. The zero-order valence-corrected chi connectivity index (χ0v) is 27.0. The van der Waals surface area contributed by atoms with Gasteiger partial charge in [-0.2, -0.15) is 0 Å². The first kappa shape index (κ1) is 33.3. The predicted molar refractivity (Wildman–Crippen MR) is 180 cm³/mol. The number of hydrogen-bond donors (Lipinski definition) is 1. The van der Waals surface area contributed by atoms with Crippen molar-refractivity contribution in [1.29, 1.82) is 0 Å². The van der Waals surface area contributed by atoms with Gasteiger partial charge in [0.05, 0.1) is 15.5 Å². The van der Waals surface area contributed by atoms with Crippen molar-refractivity contribution in [2.24, 2.45) is 0 Å². The van der Waals surface area contributed by atoms with Crippen molar-refractivity contribution in [3.63, 3.8) is 0 Å². The maximum Gasteiger partial charge on any atom is 0.271 e. The van der Waals surface area contributed by atoms with Crippen LogP contribution >= 0.6 is 0 Å². The van der Waals surface area contributed by atoms with E-state index in [0.29, 0.717) is 0 Å². The molecule has 47 heavy (non-hydrogen) atoms. The molecule has 4 aromatic rings. The molecular weight excluding hydrogens is 616 g/mol. The number of sulfonamides is 1. The summed E-state index contributed by atoms with van der Waals surface area (Å²) in [6.45, 7) is 1.28. The highest BCUT2D eigenvalue weighted by molar-refractivity contribution is 7.92. The Hall–Kier alpha value is -5.03. The van der Waals surface area contributed by atoms with Crippen molar-refractivity contribution in [2.75, 3.05) is 10.8 Å². The van der Waals surface area contributed by atoms with E-state index in [1.165, 1.54) is 35.2 Å². The molecule has 0 bridgehead atoms. The molecule has 11 heteroatoms. The molecular formula is C36H38N4O6S. The minimum absolute atomic E-state index is 0.00369. The minimum Gasteiger partial charge on any atom is -0.352 e. The van der Waals surface area contributed by atoms with Crippen molar-refractivity contribution < 1.29 is 22.9 Å². The minimum atomic E-state index is -4.37. The number of benzene rings is 4. The summed E-state index contributed by atoms with van der Waals surface area (Å²) in [7, 11) is -4.37. The number of carbonyl (C=O) groups is 2. The van der Waals surface area contributed by atoms with E-state index in [4.69, 9.17) is 0 Å². The smallest absolute Gasteiger partial charge is 0.271 e. The van der Waals surface area contributed by atoms with Gasteiger partial charge in [-0.1, -0.05) is 91.7 Å². The Labute approximate surface area is 275 Å². The summed E-state index contributed by atoms with van der Waals surface area (Å²) in [6, 6.07) is 28.7. The largest absolute Gasteiger partial charge is 0.352 e. The van der Waals surface area contributed by atoms with E-state index in [-0.39, 0.29) is 41.2 Å². The van der Waals surface area contributed by atoms with E-state index in [9.17, 15) is 28.1 Å². The van der Waals surface area contributed by atoms with E-state index in [1.54, 1.807) is 18.2 Å². The number of hydrogen-bond acceptors (Lipinski definition) is 6. The van der Waals surface area contributed by atoms with E-state index in [1.807, 2.05) is 61.5 Å². The third-order valence-corrected chi connectivity index (χ3v) is 10.3. The summed E-state index contributed by atoms with van der Waals surface area (Å²) in [4.78, 5) is 41.1. The summed E-state index contributed by atoms with van der Waals surface area (Å²) in [5.41, 5.74) is 2.20. The Morgan fingerprint density at radius 3 is 2.19 bits per heavy atom. The Bertz CT molecular complexity index is 1810.